The van der Waals surface area contributed by atoms with Gasteiger partial charge in [-0.3, -0.25) is 4.79 Å². The van der Waals surface area contributed by atoms with E-state index in [4.69, 9.17) is 4.74 Å². The van der Waals surface area contributed by atoms with Crippen molar-refractivity contribution in [3.8, 4) is 5.75 Å². The Hall–Kier alpha value is -2.69. The first kappa shape index (κ1) is 13.3. The van der Waals surface area contributed by atoms with Gasteiger partial charge in [-0.2, -0.15) is 0 Å². The topological polar surface area (TPSA) is 55.0 Å². The lowest BCUT2D eigenvalue weighted by molar-refractivity contribution is 0.293. The third kappa shape index (κ3) is 2.76. The Morgan fingerprint density at radius 1 is 1.24 bits per heavy atom. The van der Waals surface area contributed by atoms with Crippen molar-refractivity contribution in [2.24, 2.45) is 0 Å². The van der Waals surface area contributed by atoms with Crippen LogP contribution in [0.5, 0.6) is 5.75 Å². The summed E-state index contributed by atoms with van der Waals surface area (Å²) in [5.41, 5.74) is 1.11. The van der Waals surface area contributed by atoms with Crippen LogP contribution in [0.25, 0.3) is 10.9 Å². The molecule has 0 bridgehead atoms. The summed E-state index contributed by atoms with van der Waals surface area (Å²) in [5, 5.41) is 0.541. The van der Waals surface area contributed by atoms with E-state index in [-0.39, 0.29) is 18.0 Å². The van der Waals surface area contributed by atoms with Gasteiger partial charge in [0.25, 0.3) is 5.56 Å². The Morgan fingerprint density at radius 2 is 2.05 bits per heavy atom. The molecule has 0 fully saturated rings. The number of hydrogen-bond donors (Lipinski definition) is 1. The van der Waals surface area contributed by atoms with Crippen molar-refractivity contribution in [1.29, 1.82) is 0 Å². The number of H-pyrrole nitrogens is 1. The molecule has 5 heteroatoms. The Morgan fingerprint density at radius 3 is 2.86 bits per heavy atom. The summed E-state index contributed by atoms with van der Waals surface area (Å²) in [6, 6.07) is 11.4. The molecule has 21 heavy (non-hydrogen) atoms. The van der Waals surface area contributed by atoms with Gasteiger partial charge in [0, 0.05) is 0 Å². The van der Waals surface area contributed by atoms with E-state index in [2.05, 4.69) is 9.97 Å². The summed E-state index contributed by atoms with van der Waals surface area (Å²) in [6.07, 6.45) is 0. The van der Waals surface area contributed by atoms with Gasteiger partial charge >= 0.3 is 0 Å². The number of aromatic nitrogens is 2. The van der Waals surface area contributed by atoms with E-state index in [1.54, 1.807) is 31.2 Å². The molecular formula is C16H13FN2O2. The van der Waals surface area contributed by atoms with Gasteiger partial charge in [0.05, 0.1) is 10.9 Å². The second-order valence-electron chi connectivity index (χ2n) is 4.73. The first-order chi connectivity index (χ1) is 10.1. The molecule has 0 atom stereocenters. The number of aryl methyl sites for hydroxylation is 1. The van der Waals surface area contributed by atoms with Gasteiger partial charge in [-0.15, -0.1) is 0 Å². The molecule has 1 aromatic heterocycles. The number of ether oxygens (including phenoxy) is 1. The highest BCUT2D eigenvalue weighted by atomic mass is 19.1. The van der Waals surface area contributed by atoms with Crippen LogP contribution in [0.2, 0.25) is 0 Å². The van der Waals surface area contributed by atoms with Gasteiger partial charge in [-0.05, 0) is 42.8 Å². The minimum Gasteiger partial charge on any atom is -0.485 e. The SMILES string of the molecule is Cc1cc(F)ccc1OCc1nc2ccccc2c(=O)[nH]1. The van der Waals surface area contributed by atoms with Crippen LogP contribution in [-0.2, 0) is 6.61 Å². The summed E-state index contributed by atoms with van der Waals surface area (Å²) >= 11 is 0. The predicted octanol–water partition coefficient (Wildman–Crippen LogP) is 2.95. The first-order valence-electron chi connectivity index (χ1n) is 6.50. The van der Waals surface area contributed by atoms with Crippen LogP contribution in [0.4, 0.5) is 4.39 Å². The van der Waals surface area contributed by atoms with E-state index in [1.807, 2.05) is 6.07 Å². The maximum Gasteiger partial charge on any atom is 0.258 e. The molecule has 0 aliphatic carbocycles. The van der Waals surface area contributed by atoms with Gasteiger partial charge in [0.1, 0.15) is 24.0 Å². The third-order valence-corrected chi connectivity index (χ3v) is 3.16. The molecule has 106 valence electrons. The molecule has 2 aromatic carbocycles. The Balaban J connectivity index is 1.87. The second-order valence-corrected chi connectivity index (χ2v) is 4.73. The maximum absolute atomic E-state index is 13.0. The summed E-state index contributed by atoms with van der Waals surface area (Å²) in [5.74, 6) is 0.687. The zero-order chi connectivity index (χ0) is 14.8. The van der Waals surface area contributed by atoms with Crippen LogP contribution < -0.4 is 10.3 Å². The molecule has 3 aromatic rings. The lowest BCUT2D eigenvalue weighted by atomic mass is 10.2. The van der Waals surface area contributed by atoms with Crippen LogP contribution in [0.1, 0.15) is 11.4 Å². The molecule has 0 radical (unpaired) electrons. The van der Waals surface area contributed by atoms with E-state index in [0.29, 0.717) is 28.0 Å². The average molecular weight is 284 g/mol. The number of rotatable bonds is 3. The molecule has 3 rings (SSSR count). The standard InChI is InChI=1S/C16H13FN2O2/c1-10-8-11(17)6-7-14(10)21-9-15-18-13-5-3-2-4-12(13)16(20)19-15/h2-8H,9H2,1H3,(H,18,19,20). The molecule has 0 aliphatic heterocycles. The maximum atomic E-state index is 13.0. The van der Waals surface area contributed by atoms with Crippen LogP contribution >= 0.6 is 0 Å². The normalized spacial score (nSPS) is 10.8. The van der Waals surface area contributed by atoms with Gasteiger partial charge in [0.2, 0.25) is 0 Å². The molecule has 0 amide bonds. The lowest BCUT2D eigenvalue weighted by Gasteiger charge is -2.09. The highest BCUT2D eigenvalue weighted by Gasteiger charge is 2.06. The smallest absolute Gasteiger partial charge is 0.258 e. The van der Waals surface area contributed by atoms with Crippen LogP contribution in [-0.4, -0.2) is 9.97 Å². The highest BCUT2D eigenvalue weighted by molar-refractivity contribution is 5.77. The fourth-order valence-corrected chi connectivity index (χ4v) is 2.12. The minimum absolute atomic E-state index is 0.118. The zero-order valence-electron chi connectivity index (χ0n) is 11.4. The molecule has 1 heterocycles. The number of para-hydroxylation sites is 1. The Bertz CT molecular complexity index is 858. The highest BCUT2D eigenvalue weighted by Crippen LogP contribution is 2.19. The van der Waals surface area contributed by atoms with E-state index >= 15 is 0 Å². The minimum atomic E-state index is -0.308. The van der Waals surface area contributed by atoms with Crippen molar-refractivity contribution in [2.45, 2.75) is 13.5 Å². The first-order valence-corrected chi connectivity index (χ1v) is 6.50. The molecule has 0 saturated heterocycles. The lowest BCUT2D eigenvalue weighted by Crippen LogP contribution is -2.13. The Labute approximate surface area is 120 Å². The largest absolute Gasteiger partial charge is 0.485 e. The number of nitrogens with zero attached hydrogens (tertiary/aromatic N) is 1. The third-order valence-electron chi connectivity index (χ3n) is 3.16. The number of nitrogens with one attached hydrogen (secondary N) is 1. The summed E-state index contributed by atoms with van der Waals surface area (Å²) < 4.78 is 18.6. The molecule has 0 aliphatic rings. The predicted molar refractivity (Wildman–Crippen MR) is 77.8 cm³/mol. The monoisotopic (exact) mass is 284 g/mol. The van der Waals surface area contributed by atoms with Crippen LogP contribution in [0.3, 0.4) is 0 Å². The summed E-state index contributed by atoms with van der Waals surface area (Å²) in [6.45, 7) is 1.88. The van der Waals surface area contributed by atoms with Crippen molar-refractivity contribution in [2.75, 3.05) is 0 Å². The molecular weight excluding hydrogens is 271 g/mol. The molecule has 0 spiro atoms. The molecule has 0 unspecified atom stereocenters. The van der Waals surface area contributed by atoms with Crippen molar-refractivity contribution >= 4 is 10.9 Å². The van der Waals surface area contributed by atoms with Crippen LogP contribution in [0.15, 0.2) is 47.3 Å². The van der Waals surface area contributed by atoms with Crippen LogP contribution in [0, 0.1) is 12.7 Å². The van der Waals surface area contributed by atoms with Crippen molar-refractivity contribution in [3.63, 3.8) is 0 Å². The number of benzene rings is 2. The zero-order valence-corrected chi connectivity index (χ0v) is 11.4. The molecule has 4 nitrogen and oxygen atoms in total. The quantitative estimate of drug-likeness (QED) is 0.804. The van der Waals surface area contributed by atoms with Gasteiger partial charge < -0.3 is 9.72 Å². The fourth-order valence-electron chi connectivity index (χ4n) is 2.12. The van der Waals surface area contributed by atoms with Crippen molar-refractivity contribution < 1.29 is 9.13 Å². The number of halogens is 1. The second kappa shape index (κ2) is 5.36. The van der Waals surface area contributed by atoms with Crippen molar-refractivity contribution in [1.82, 2.24) is 9.97 Å². The summed E-state index contributed by atoms with van der Waals surface area (Å²) in [7, 11) is 0. The fraction of sp³-hybridized carbons (Fsp3) is 0.125. The number of fused-ring (bicyclic) bond motifs is 1. The molecule has 0 saturated carbocycles. The molecule has 1 N–H and O–H groups in total. The van der Waals surface area contributed by atoms with E-state index in [0.717, 1.165) is 0 Å². The Kier molecular flexibility index (Phi) is 3.39. The number of hydrogen-bond acceptors (Lipinski definition) is 3. The van der Waals surface area contributed by atoms with E-state index in [9.17, 15) is 9.18 Å². The summed E-state index contributed by atoms with van der Waals surface area (Å²) in [4.78, 5) is 19.0. The van der Waals surface area contributed by atoms with E-state index < -0.39 is 0 Å². The average Bonchev–Trinajstić information content (AvgIpc) is 2.46. The number of aromatic amines is 1. The van der Waals surface area contributed by atoms with Crippen molar-refractivity contribution in [3.05, 3.63) is 70.0 Å². The van der Waals surface area contributed by atoms with Gasteiger partial charge in [0.15, 0.2) is 0 Å². The van der Waals surface area contributed by atoms with E-state index in [1.165, 1.54) is 12.1 Å². The van der Waals surface area contributed by atoms with Gasteiger partial charge in [-0.25, -0.2) is 9.37 Å². The van der Waals surface area contributed by atoms with Gasteiger partial charge in [-0.1, -0.05) is 12.1 Å².